The zero-order chi connectivity index (χ0) is 21.4. The van der Waals surface area contributed by atoms with Crippen molar-refractivity contribution >= 4 is 40.8 Å². The molecule has 1 unspecified atom stereocenters. The largest absolute Gasteiger partial charge is 0.366 e. The van der Waals surface area contributed by atoms with Gasteiger partial charge in [0.25, 0.3) is 5.56 Å². The second-order valence-corrected chi connectivity index (χ2v) is 7.85. The molecule has 0 aliphatic carbocycles. The van der Waals surface area contributed by atoms with Crippen LogP contribution >= 0.6 is 0 Å². The van der Waals surface area contributed by atoms with Gasteiger partial charge in [0.1, 0.15) is 19.4 Å². The van der Waals surface area contributed by atoms with Crippen LogP contribution in [0.15, 0.2) is 41.7 Å². The molecule has 2 radical (unpaired) electrons. The van der Waals surface area contributed by atoms with E-state index in [-0.39, 0.29) is 11.6 Å². The van der Waals surface area contributed by atoms with Crippen molar-refractivity contribution < 1.29 is 0 Å². The molecule has 0 bridgehead atoms. The van der Waals surface area contributed by atoms with Crippen molar-refractivity contribution in [2.24, 2.45) is 7.05 Å². The maximum Gasteiger partial charge on any atom is 0.258 e. The number of anilines is 1. The zero-order valence-corrected chi connectivity index (χ0v) is 17.2. The lowest BCUT2D eigenvalue weighted by Gasteiger charge is -2.25. The third kappa shape index (κ3) is 3.69. The molecule has 8 heteroatoms. The second-order valence-electron chi connectivity index (χ2n) is 7.85. The lowest BCUT2D eigenvalue weighted by atomic mass is 9.92. The molecule has 1 aliphatic heterocycles. The number of piperidine rings is 1. The summed E-state index contributed by atoms with van der Waals surface area (Å²) in [5, 5.41) is 9.11. The summed E-state index contributed by atoms with van der Waals surface area (Å²) < 4.78 is 1.84. The van der Waals surface area contributed by atoms with E-state index < -0.39 is 0 Å². The summed E-state index contributed by atoms with van der Waals surface area (Å²) in [5.74, 6) is 7.01. The first-order valence-corrected chi connectivity index (χ1v) is 10.3. The highest BCUT2D eigenvalue weighted by molar-refractivity contribution is 6.34. The molecule has 4 aromatic rings. The number of hydrogen-bond acceptors (Lipinski definition) is 5. The molecule has 0 saturated carbocycles. The first-order chi connectivity index (χ1) is 15.1. The molecule has 31 heavy (non-hydrogen) atoms. The summed E-state index contributed by atoms with van der Waals surface area (Å²) in [7, 11) is 7.96. The van der Waals surface area contributed by atoms with E-state index in [1.165, 1.54) is 0 Å². The first kappa shape index (κ1) is 19.4. The van der Waals surface area contributed by atoms with Gasteiger partial charge in [0.15, 0.2) is 0 Å². The van der Waals surface area contributed by atoms with Gasteiger partial charge in [-0.15, -0.1) is 0 Å². The fourth-order valence-corrected chi connectivity index (χ4v) is 4.02. The minimum atomic E-state index is -0.213. The molecule has 3 aromatic heterocycles. The van der Waals surface area contributed by atoms with Gasteiger partial charge < -0.3 is 20.2 Å². The number of nitrogens with one attached hydrogen (secondary N) is 3. The third-order valence-electron chi connectivity index (χ3n) is 5.64. The van der Waals surface area contributed by atoms with Gasteiger partial charge in [-0.05, 0) is 30.7 Å². The van der Waals surface area contributed by atoms with Crippen LogP contribution in [0.5, 0.6) is 0 Å². The maximum atomic E-state index is 12.8. The van der Waals surface area contributed by atoms with Crippen LogP contribution in [-0.4, -0.2) is 46.5 Å². The number of aromatic nitrogens is 4. The van der Waals surface area contributed by atoms with Crippen LogP contribution in [0.4, 0.5) is 5.82 Å². The number of pyridine rings is 2. The van der Waals surface area contributed by atoms with Crippen molar-refractivity contribution in [2.45, 2.75) is 18.9 Å². The molecule has 4 heterocycles. The lowest BCUT2D eigenvalue weighted by Crippen LogP contribution is -2.38. The second kappa shape index (κ2) is 7.93. The molecule has 0 amide bonds. The van der Waals surface area contributed by atoms with Crippen LogP contribution in [0, 0.1) is 11.8 Å². The Balaban J connectivity index is 1.74. The number of aryl methyl sites for hydroxylation is 1. The smallest absolute Gasteiger partial charge is 0.258 e. The third-order valence-corrected chi connectivity index (χ3v) is 5.64. The molecular formula is C23H21BN6O. The molecule has 1 aliphatic rings. The monoisotopic (exact) mass is 408 g/mol. The number of benzene rings is 1. The van der Waals surface area contributed by atoms with E-state index in [0.29, 0.717) is 21.9 Å². The van der Waals surface area contributed by atoms with Crippen LogP contribution in [0.3, 0.4) is 0 Å². The summed E-state index contributed by atoms with van der Waals surface area (Å²) in [4.78, 5) is 24.6. The van der Waals surface area contributed by atoms with E-state index in [1.807, 2.05) is 29.8 Å². The minimum Gasteiger partial charge on any atom is -0.366 e. The highest BCUT2D eigenvalue weighted by atomic mass is 16.1. The van der Waals surface area contributed by atoms with Crippen molar-refractivity contribution in [1.82, 2.24) is 24.8 Å². The summed E-state index contributed by atoms with van der Waals surface area (Å²) in [5.41, 5.74) is 2.36. The Morgan fingerprint density at radius 1 is 1.29 bits per heavy atom. The molecular weight excluding hydrogens is 387 g/mol. The minimum absolute atomic E-state index is 0.213. The predicted molar refractivity (Wildman–Crippen MR) is 124 cm³/mol. The Bertz CT molecular complexity index is 1400. The van der Waals surface area contributed by atoms with Gasteiger partial charge in [0, 0.05) is 31.2 Å². The van der Waals surface area contributed by atoms with E-state index in [4.69, 9.17) is 12.8 Å². The van der Waals surface area contributed by atoms with Gasteiger partial charge >= 0.3 is 0 Å². The number of H-pyrrole nitrogens is 1. The van der Waals surface area contributed by atoms with Crippen LogP contribution in [0.2, 0.25) is 0 Å². The Morgan fingerprint density at radius 3 is 2.97 bits per heavy atom. The molecule has 152 valence electrons. The number of rotatable bonds is 2. The molecule has 1 aromatic carbocycles. The van der Waals surface area contributed by atoms with E-state index >= 15 is 0 Å². The first-order valence-electron chi connectivity index (χ1n) is 10.3. The van der Waals surface area contributed by atoms with E-state index in [9.17, 15) is 4.79 Å². The van der Waals surface area contributed by atoms with Gasteiger partial charge in [-0.25, -0.2) is 9.97 Å². The average molecular weight is 408 g/mol. The van der Waals surface area contributed by atoms with E-state index in [0.717, 1.165) is 48.2 Å². The van der Waals surface area contributed by atoms with Crippen molar-refractivity contribution in [3.8, 4) is 11.8 Å². The molecule has 1 saturated heterocycles. The topological polar surface area (TPSA) is 87.6 Å². The zero-order valence-electron chi connectivity index (χ0n) is 17.2. The van der Waals surface area contributed by atoms with Crippen molar-refractivity contribution in [2.75, 3.05) is 18.4 Å². The van der Waals surface area contributed by atoms with E-state index in [1.54, 1.807) is 18.7 Å². The summed E-state index contributed by atoms with van der Waals surface area (Å²) in [6.45, 7) is 1.91. The maximum absolute atomic E-state index is 12.8. The number of nitrogens with zero attached hydrogens (tertiary/aromatic N) is 3. The quantitative estimate of drug-likeness (QED) is 0.263. The van der Waals surface area contributed by atoms with Crippen LogP contribution in [0.1, 0.15) is 24.1 Å². The van der Waals surface area contributed by atoms with Gasteiger partial charge in [-0.2, -0.15) is 0 Å². The van der Waals surface area contributed by atoms with Gasteiger partial charge in [-0.3, -0.25) is 4.79 Å². The van der Waals surface area contributed by atoms with Crippen molar-refractivity contribution in [3.05, 3.63) is 58.5 Å². The van der Waals surface area contributed by atoms with Crippen LogP contribution in [0.25, 0.3) is 21.7 Å². The Morgan fingerprint density at radius 2 is 2.19 bits per heavy atom. The normalized spacial score (nSPS) is 16.2. The summed E-state index contributed by atoms with van der Waals surface area (Å²) >= 11 is 0. The highest BCUT2D eigenvalue weighted by Crippen LogP contribution is 2.29. The Labute approximate surface area is 180 Å². The number of fused-ring (bicyclic) bond motifs is 3. The standard InChI is InChI=1S/C23H21BN6O/c1-30-13-26-12-17(30)6-4-14-10-27-23(31)20-19-9-15(24)5-7-18(19)22(29-21(14)20)28-16-3-2-8-25-11-16/h5,7,9-10,12-13,16,25H,2-3,8,11H2,1H3,(H,27,31)(H,28,29). The molecule has 1 atom stereocenters. The van der Waals surface area contributed by atoms with Crippen LogP contribution < -0.4 is 21.7 Å². The van der Waals surface area contributed by atoms with Gasteiger partial charge in [0.05, 0.1) is 29.0 Å². The van der Waals surface area contributed by atoms with Gasteiger partial charge in [0.2, 0.25) is 0 Å². The molecule has 5 rings (SSSR count). The van der Waals surface area contributed by atoms with E-state index in [2.05, 4.69) is 32.4 Å². The Kier molecular flexibility index (Phi) is 4.96. The van der Waals surface area contributed by atoms with Crippen molar-refractivity contribution in [1.29, 1.82) is 0 Å². The fraction of sp³-hybridized carbons (Fsp3) is 0.261. The van der Waals surface area contributed by atoms with Crippen molar-refractivity contribution in [3.63, 3.8) is 0 Å². The SMILES string of the molecule is [B]c1ccc2c(NC3CCCNC3)nc3c(C#Cc4cncn4C)c[nH]c(=O)c3c2c1. The fourth-order valence-electron chi connectivity index (χ4n) is 4.02. The summed E-state index contributed by atoms with van der Waals surface area (Å²) in [6.07, 6.45) is 7.19. The molecule has 3 N–H and O–H groups in total. The van der Waals surface area contributed by atoms with Gasteiger partial charge in [-0.1, -0.05) is 29.6 Å². The number of aromatic amines is 1. The number of imidazole rings is 1. The molecule has 7 nitrogen and oxygen atoms in total. The van der Waals surface area contributed by atoms with Crippen LogP contribution in [-0.2, 0) is 7.05 Å². The Hall–Kier alpha value is -3.57. The predicted octanol–water partition coefficient (Wildman–Crippen LogP) is 1.17. The molecule has 1 fully saturated rings. The average Bonchev–Trinajstić information content (AvgIpc) is 3.18. The number of hydrogen-bond donors (Lipinski definition) is 3. The molecule has 0 spiro atoms. The highest BCUT2D eigenvalue weighted by Gasteiger charge is 2.18. The summed E-state index contributed by atoms with van der Waals surface area (Å²) in [6, 6.07) is 5.85. The lowest BCUT2D eigenvalue weighted by molar-refractivity contribution is 0.479.